The fraction of sp³-hybridized carbons (Fsp3) is 0. The zero-order valence-electron chi connectivity index (χ0n) is 27.0. The van der Waals surface area contributed by atoms with Crippen molar-refractivity contribution in [2.45, 2.75) is 0 Å². The van der Waals surface area contributed by atoms with Gasteiger partial charge in [0.1, 0.15) is 22.3 Å². The summed E-state index contributed by atoms with van der Waals surface area (Å²) in [6.45, 7) is 0. The van der Waals surface area contributed by atoms with Crippen LogP contribution in [0.1, 0.15) is 0 Å². The van der Waals surface area contributed by atoms with Gasteiger partial charge in [-0.25, -0.2) is 0 Å². The third-order valence-corrected chi connectivity index (χ3v) is 10.4. The largest absolute Gasteiger partial charge is 0.456 e. The molecule has 0 aliphatic carbocycles. The van der Waals surface area contributed by atoms with Crippen LogP contribution in [0.2, 0.25) is 0 Å². The molecule has 0 spiro atoms. The molecule has 0 fully saturated rings. The van der Waals surface area contributed by atoms with Crippen LogP contribution in [0.15, 0.2) is 179 Å². The Hall–Kier alpha value is -6.64. The van der Waals surface area contributed by atoms with Crippen LogP contribution >= 0.6 is 0 Å². The molecule has 0 saturated carbocycles. The van der Waals surface area contributed by atoms with Gasteiger partial charge in [0.15, 0.2) is 0 Å². The van der Waals surface area contributed by atoms with Crippen molar-refractivity contribution in [3.63, 3.8) is 0 Å². The van der Waals surface area contributed by atoms with Crippen LogP contribution in [0, 0.1) is 0 Å². The minimum absolute atomic E-state index is 0.833. The van der Waals surface area contributed by atoms with Gasteiger partial charge in [0.25, 0.3) is 0 Å². The maximum Gasteiger partial charge on any atom is 0.139 e. The second-order valence-electron chi connectivity index (χ2n) is 13.2. The van der Waals surface area contributed by atoms with Crippen LogP contribution in [0.3, 0.4) is 0 Å². The first-order valence-electron chi connectivity index (χ1n) is 17.1. The molecule has 0 bridgehead atoms. The highest BCUT2D eigenvalue weighted by Crippen LogP contribution is 2.45. The van der Waals surface area contributed by atoms with Crippen molar-refractivity contribution in [3.8, 4) is 33.4 Å². The number of fused-ring (bicyclic) bond motifs is 9. The molecule has 0 aliphatic heterocycles. The van der Waals surface area contributed by atoms with Gasteiger partial charge >= 0.3 is 0 Å². The summed E-state index contributed by atoms with van der Waals surface area (Å²) >= 11 is 0. The summed E-state index contributed by atoms with van der Waals surface area (Å²) in [5.74, 6) is 0. The molecule has 0 saturated heterocycles. The lowest BCUT2D eigenvalue weighted by molar-refractivity contribution is 0.656. The molecule has 0 aliphatic rings. The Kier molecular flexibility index (Phi) is 5.70. The molecule has 0 unspecified atom stereocenters. The molecule has 2 nitrogen and oxygen atoms in total. The lowest BCUT2D eigenvalue weighted by Gasteiger charge is -2.18. The summed E-state index contributed by atoms with van der Waals surface area (Å²) in [5, 5.41) is 11.8. The predicted octanol–water partition coefficient (Wildman–Crippen LogP) is 13.9. The zero-order chi connectivity index (χ0) is 32.8. The van der Waals surface area contributed by atoms with E-state index in [1.807, 2.05) is 18.2 Å². The Balaban J connectivity index is 1.11. The molecule has 11 aromatic rings. The highest BCUT2D eigenvalue weighted by molar-refractivity contribution is 6.22. The van der Waals surface area contributed by atoms with Crippen molar-refractivity contribution in [1.29, 1.82) is 0 Å². The van der Waals surface area contributed by atoms with Crippen molar-refractivity contribution < 1.29 is 8.83 Å². The average molecular weight is 637 g/mol. The normalized spacial score (nSPS) is 12.0. The summed E-state index contributed by atoms with van der Waals surface area (Å²) in [7, 11) is 0. The maximum atomic E-state index is 6.56. The third-order valence-electron chi connectivity index (χ3n) is 10.4. The van der Waals surface area contributed by atoms with Gasteiger partial charge < -0.3 is 8.83 Å². The summed E-state index contributed by atoms with van der Waals surface area (Å²) in [4.78, 5) is 0. The van der Waals surface area contributed by atoms with Gasteiger partial charge in [0.2, 0.25) is 0 Å². The number of furan rings is 2. The van der Waals surface area contributed by atoms with Crippen LogP contribution in [0.5, 0.6) is 0 Å². The molecule has 0 atom stereocenters. The molecule has 0 radical (unpaired) electrons. The molecule has 9 aromatic carbocycles. The lowest BCUT2D eigenvalue weighted by atomic mass is 9.85. The molecule has 11 rings (SSSR count). The number of hydrogen-bond acceptors (Lipinski definition) is 2. The smallest absolute Gasteiger partial charge is 0.139 e. The van der Waals surface area contributed by atoms with Gasteiger partial charge in [-0.2, -0.15) is 0 Å². The van der Waals surface area contributed by atoms with Gasteiger partial charge in [-0.15, -0.1) is 0 Å². The first kappa shape index (κ1) is 27.3. The van der Waals surface area contributed by atoms with E-state index in [1.165, 1.54) is 60.1 Å². The monoisotopic (exact) mass is 636 g/mol. The summed E-state index contributed by atoms with van der Waals surface area (Å²) in [6, 6.07) is 61.1. The maximum absolute atomic E-state index is 6.56. The molecular weight excluding hydrogens is 609 g/mol. The number of para-hydroxylation sites is 1. The fourth-order valence-corrected chi connectivity index (χ4v) is 8.12. The van der Waals surface area contributed by atoms with Gasteiger partial charge in [0, 0.05) is 27.6 Å². The fourth-order valence-electron chi connectivity index (χ4n) is 8.12. The van der Waals surface area contributed by atoms with Crippen molar-refractivity contribution in [3.05, 3.63) is 170 Å². The second-order valence-corrected chi connectivity index (χ2v) is 13.2. The minimum Gasteiger partial charge on any atom is -0.456 e. The first-order valence-corrected chi connectivity index (χ1v) is 17.1. The molecule has 50 heavy (non-hydrogen) atoms. The summed E-state index contributed by atoms with van der Waals surface area (Å²) in [6.07, 6.45) is 0. The van der Waals surface area contributed by atoms with E-state index in [2.05, 4.69) is 152 Å². The Morgan fingerprint density at radius 3 is 1.46 bits per heavy atom. The quantitative estimate of drug-likeness (QED) is 0.180. The third kappa shape index (κ3) is 4.03. The lowest BCUT2D eigenvalue weighted by Crippen LogP contribution is -1.91. The van der Waals surface area contributed by atoms with Crippen LogP contribution in [-0.4, -0.2) is 0 Å². The van der Waals surface area contributed by atoms with E-state index in [-0.39, 0.29) is 0 Å². The Morgan fingerprint density at radius 1 is 0.240 bits per heavy atom. The first-order chi connectivity index (χ1) is 24.8. The van der Waals surface area contributed by atoms with Gasteiger partial charge in [-0.3, -0.25) is 0 Å². The molecule has 0 N–H and O–H groups in total. The van der Waals surface area contributed by atoms with E-state index in [0.29, 0.717) is 0 Å². The van der Waals surface area contributed by atoms with E-state index < -0.39 is 0 Å². The summed E-state index contributed by atoms with van der Waals surface area (Å²) < 4.78 is 12.7. The molecule has 2 aromatic heterocycles. The molecular formula is C48H28O2. The van der Waals surface area contributed by atoms with Crippen LogP contribution < -0.4 is 0 Å². The van der Waals surface area contributed by atoms with Crippen LogP contribution in [-0.2, 0) is 0 Å². The Labute approximate surface area is 287 Å². The highest BCUT2D eigenvalue weighted by Gasteiger charge is 2.19. The second kappa shape index (κ2) is 10.4. The number of benzene rings is 9. The van der Waals surface area contributed by atoms with Crippen molar-refractivity contribution in [1.82, 2.24) is 0 Å². The predicted molar refractivity (Wildman–Crippen MR) is 210 cm³/mol. The van der Waals surface area contributed by atoms with Crippen molar-refractivity contribution in [2.75, 3.05) is 0 Å². The van der Waals surface area contributed by atoms with E-state index in [9.17, 15) is 0 Å². The average Bonchev–Trinajstić information content (AvgIpc) is 3.72. The molecule has 2 heterocycles. The molecule has 0 amide bonds. The van der Waals surface area contributed by atoms with Crippen LogP contribution in [0.25, 0.3) is 110 Å². The minimum atomic E-state index is 0.833. The molecule has 232 valence electrons. The number of hydrogen-bond donors (Lipinski definition) is 0. The zero-order valence-corrected chi connectivity index (χ0v) is 27.0. The van der Waals surface area contributed by atoms with Crippen LogP contribution in [0.4, 0.5) is 0 Å². The van der Waals surface area contributed by atoms with E-state index in [0.717, 1.165) is 49.4 Å². The standard InChI is InChI=1S/C48H28O2/c1-2-11-30-24-32(21-20-29(30)10-1)31-12-9-13-33(25-31)47-37-15-3-5-17-39(37)48(40-18-6-4-16-38(40)47)34-22-23-36-42-27-41-35-14-7-8-19-43(35)49-45(41)28-46(42)50-44(36)26-34/h1-28H. The van der Waals surface area contributed by atoms with E-state index >= 15 is 0 Å². The highest BCUT2D eigenvalue weighted by atomic mass is 16.3. The van der Waals surface area contributed by atoms with E-state index in [1.54, 1.807) is 0 Å². The Bertz CT molecular complexity index is 3100. The number of rotatable bonds is 3. The van der Waals surface area contributed by atoms with Gasteiger partial charge in [-0.1, -0.05) is 127 Å². The SMILES string of the molecule is c1cc(-c2ccc3ccccc3c2)cc(-c2c3ccccc3c(-c3ccc4c(c3)oc3cc5oc6ccccc6c5cc34)c3ccccc23)c1. The van der Waals surface area contributed by atoms with Crippen molar-refractivity contribution >= 4 is 76.2 Å². The molecule has 2 heteroatoms. The van der Waals surface area contributed by atoms with Gasteiger partial charge in [-0.05, 0) is 102 Å². The Morgan fingerprint density at radius 2 is 0.740 bits per heavy atom. The van der Waals surface area contributed by atoms with E-state index in [4.69, 9.17) is 8.83 Å². The topological polar surface area (TPSA) is 26.3 Å². The van der Waals surface area contributed by atoms with Crippen molar-refractivity contribution in [2.24, 2.45) is 0 Å². The summed E-state index contributed by atoms with van der Waals surface area (Å²) in [5.41, 5.74) is 10.7. The van der Waals surface area contributed by atoms with Gasteiger partial charge in [0.05, 0.1) is 0 Å².